The summed E-state index contributed by atoms with van der Waals surface area (Å²) in [4.78, 5) is 0. The zero-order valence-corrected chi connectivity index (χ0v) is 10.00. The number of para-hydroxylation sites is 1. The van der Waals surface area contributed by atoms with Gasteiger partial charge >= 0.3 is 0 Å². The van der Waals surface area contributed by atoms with Crippen LogP contribution in [-0.2, 0) is 0 Å². The van der Waals surface area contributed by atoms with Gasteiger partial charge in [-0.2, -0.15) is 0 Å². The number of benzene rings is 1. The van der Waals surface area contributed by atoms with Gasteiger partial charge in [0, 0.05) is 0 Å². The quantitative estimate of drug-likeness (QED) is 0.577. The van der Waals surface area contributed by atoms with Crippen molar-refractivity contribution in [1.29, 1.82) is 0 Å². The third-order valence-electron chi connectivity index (χ3n) is 2.19. The molecule has 0 aromatic heterocycles. The average Bonchev–Trinajstić information content (AvgIpc) is 2.30. The van der Waals surface area contributed by atoms with E-state index in [1.807, 2.05) is 25.2 Å². The molecule has 4 nitrogen and oxygen atoms in total. The number of quaternary nitrogens is 1. The maximum absolute atomic E-state index is 5.61. The largest absolute Gasteiger partial charge is 1.00 e. The molecule has 1 heterocycles. The SMILES string of the molecule is C[NH2+]CCOc1cccc2c1OCCO2.[Cl-]. The molecule has 5 heteroatoms. The smallest absolute Gasteiger partial charge is 0.203 e. The molecule has 0 radical (unpaired) electrons. The van der Waals surface area contributed by atoms with Crippen LogP contribution in [0.3, 0.4) is 0 Å². The predicted octanol–water partition coefficient (Wildman–Crippen LogP) is -2.97. The van der Waals surface area contributed by atoms with Crippen LogP contribution < -0.4 is 31.9 Å². The van der Waals surface area contributed by atoms with Crippen molar-refractivity contribution in [3.63, 3.8) is 0 Å². The minimum Gasteiger partial charge on any atom is -1.00 e. The van der Waals surface area contributed by atoms with Gasteiger partial charge in [-0.3, -0.25) is 0 Å². The fourth-order valence-electron chi connectivity index (χ4n) is 1.45. The van der Waals surface area contributed by atoms with Crippen molar-refractivity contribution in [2.75, 3.05) is 33.4 Å². The van der Waals surface area contributed by atoms with E-state index in [2.05, 4.69) is 5.32 Å². The molecular formula is C11H16ClNO3. The van der Waals surface area contributed by atoms with E-state index in [9.17, 15) is 0 Å². The van der Waals surface area contributed by atoms with Crippen LogP contribution in [0, 0.1) is 0 Å². The van der Waals surface area contributed by atoms with Crippen LogP contribution in [-0.4, -0.2) is 33.4 Å². The van der Waals surface area contributed by atoms with Gasteiger partial charge < -0.3 is 31.9 Å². The number of rotatable bonds is 4. The maximum atomic E-state index is 5.61. The molecule has 2 N–H and O–H groups in total. The summed E-state index contributed by atoms with van der Waals surface area (Å²) in [6, 6.07) is 5.72. The lowest BCUT2D eigenvalue weighted by atomic mass is 10.3. The van der Waals surface area contributed by atoms with E-state index in [1.165, 1.54) is 0 Å². The van der Waals surface area contributed by atoms with Crippen LogP contribution >= 0.6 is 0 Å². The molecule has 0 unspecified atom stereocenters. The lowest BCUT2D eigenvalue weighted by molar-refractivity contribution is -0.627. The predicted molar refractivity (Wildman–Crippen MR) is 55.6 cm³/mol. The molecule has 16 heavy (non-hydrogen) atoms. The molecule has 1 aliphatic rings. The normalized spacial score (nSPS) is 12.8. The second-order valence-electron chi connectivity index (χ2n) is 3.33. The Morgan fingerprint density at radius 2 is 2.12 bits per heavy atom. The van der Waals surface area contributed by atoms with Crippen LogP contribution in [0.1, 0.15) is 0 Å². The molecule has 1 aromatic rings. The number of ether oxygens (including phenoxy) is 3. The number of hydrogen-bond donors (Lipinski definition) is 1. The Kier molecular flexibility index (Phi) is 5.22. The van der Waals surface area contributed by atoms with Crippen molar-refractivity contribution in [2.24, 2.45) is 0 Å². The minimum atomic E-state index is 0. The van der Waals surface area contributed by atoms with Crippen LogP contribution in [0.15, 0.2) is 18.2 Å². The second-order valence-corrected chi connectivity index (χ2v) is 3.33. The summed E-state index contributed by atoms with van der Waals surface area (Å²) in [5, 5.41) is 2.08. The number of halogens is 1. The summed E-state index contributed by atoms with van der Waals surface area (Å²) in [6.07, 6.45) is 0. The van der Waals surface area contributed by atoms with Crippen molar-refractivity contribution < 1.29 is 31.9 Å². The van der Waals surface area contributed by atoms with Crippen molar-refractivity contribution in [1.82, 2.24) is 0 Å². The van der Waals surface area contributed by atoms with Crippen molar-refractivity contribution in [3.05, 3.63) is 18.2 Å². The second kappa shape index (κ2) is 6.45. The highest BCUT2D eigenvalue weighted by atomic mass is 35.5. The molecule has 0 amide bonds. The number of hydrogen-bond acceptors (Lipinski definition) is 3. The fraction of sp³-hybridized carbons (Fsp3) is 0.455. The van der Waals surface area contributed by atoms with Crippen LogP contribution in [0.25, 0.3) is 0 Å². The summed E-state index contributed by atoms with van der Waals surface area (Å²) in [5.74, 6) is 2.29. The summed E-state index contributed by atoms with van der Waals surface area (Å²) in [6.45, 7) is 2.81. The molecule has 0 fully saturated rings. The van der Waals surface area contributed by atoms with Gasteiger partial charge in [0.2, 0.25) is 5.75 Å². The highest BCUT2D eigenvalue weighted by molar-refractivity contribution is 5.51. The van der Waals surface area contributed by atoms with Crippen molar-refractivity contribution in [3.8, 4) is 17.2 Å². The molecule has 2 rings (SSSR count). The maximum Gasteiger partial charge on any atom is 0.203 e. The van der Waals surface area contributed by atoms with Crippen LogP contribution in [0.2, 0.25) is 0 Å². The Hall–Kier alpha value is -1.13. The van der Waals surface area contributed by atoms with Crippen molar-refractivity contribution >= 4 is 0 Å². The van der Waals surface area contributed by atoms with Gasteiger partial charge in [-0.15, -0.1) is 0 Å². The first-order chi connectivity index (χ1) is 7.42. The van der Waals surface area contributed by atoms with E-state index < -0.39 is 0 Å². The zero-order chi connectivity index (χ0) is 10.5. The Bertz CT molecular complexity index is 333. The number of likely N-dealkylation sites (N-methyl/N-ethyl adjacent to an activating group) is 1. The molecule has 90 valence electrons. The average molecular weight is 246 g/mol. The van der Waals surface area contributed by atoms with E-state index in [1.54, 1.807) is 0 Å². The Morgan fingerprint density at radius 1 is 1.31 bits per heavy atom. The molecule has 0 saturated heterocycles. The number of nitrogens with two attached hydrogens (primary N) is 1. The monoisotopic (exact) mass is 245 g/mol. The van der Waals surface area contributed by atoms with Gasteiger partial charge in [-0.05, 0) is 12.1 Å². The first kappa shape index (κ1) is 12.9. The summed E-state index contributed by atoms with van der Waals surface area (Å²) >= 11 is 0. The van der Waals surface area contributed by atoms with Gasteiger partial charge in [0.15, 0.2) is 11.5 Å². The molecule has 0 saturated carbocycles. The Balaban J connectivity index is 0.00000128. The van der Waals surface area contributed by atoms with E-state index in [0.29, 0.717) is 19.8 Å². The Labute approximate surface area is 101 Å². The van der Waals surface area contributed by atoms with Crippen LogP contribution in [0.4, 0.5) is 0 Å². The van der Waals surface area contributed by atoms with Crippen LogP contribution in [0.5, 0.6) is 17.2 Å². The van der Waals surface area contributed by atoms with Gasteiger partial charge in [-0.1, -0.05) is 6.07 Å². The highest BCUT2D eigenvalue weighted by Crippen LogP contribution is 2.38. The van der Waals surface area contributed by atoms with E-state index in [-0.39, 0.29) is 12.4 Å². The van der Waals surface area contributed by atoms with Gasteiger partial charge in [0.25, 0.3) is 0 Å². The summed E-state index contributed by atoms with van der Waals surface area (Å²) < 4.78 is 16.6. The lowest BCUT2D eigenvalue weighted by Gasteiger charge is -2.20. The van der Waals surface area contributed by atoms with E-state index >= 15 is 0 Å². The third kappa shape index (κ3) is 2.93. The summed E-state index contributed by atoms with van der Waals surface area (Å²) in [7, 11) is 2.02. The summed E-state index contributed by atoms with van der Waals surface area (Å²) in [5.41, 5.74) is 0. The third-order valence-corrected chi connectivity index (χ3v) is 2.19. The molecular weight excluding hydrogens is 230 g/mol. The molecule has 0 aliphatic carbocycles. The molecule has 0 atom stereocenters. The van der Waals surface area contributed by atoms with Gasteiger partial charge in [0.1, 0.15) is 26.4 Å². The lowest BCUT2D eigenvalue weighted by Crippen LogP contribution is -3.00. The Morgan fingerprint density at radius 3 is 2.94 bits per heavy atom. The van der Waals surface area contributed by atoms with Gasteiger partial charge in [0.05, 0.1) is 7.05 Å². The highest BCUT2D eigenvalue weighted by Gasteiger charge is 2.16. The first-order valence-electron chi connectivity index (χ1n) is 5.21. The minimum absolute atomic E-state index is 0. The van der Waals surface area contributed by atoms with E-state index in [0.717, 1.165) is 23.8 Å². The first-order valence-corrected chi connectivity index (χ1v) is 5.21. The van der Waals surface area contributed by atoms with E-state index in [4.69, 9.17) is 14.2 Å². The molecule has 1 aliphatic heterocycles. The molecule has 0 spiro atoms. The number of fused-ring (bicyclic) bond motifs is 1. The van der Waals surface area contributed by atoms with Gasteiger partial charge in [-0.25, -0.2) is 0 Å². The molecule has 1 aromatic carbocycles. The standard InChI is InChI=1S/C11H15NO3.ClH/c1-12-5-6-13-9-3-2-4-10-11(9)15-8-7-14-10;/h2-4,12H,5-8H2,1H3;1H. The topological polar surface area (TPSA) is 44.3 Å². The molecule has 0 bridgehead atoms. The zero-order valence-electron chi connectivity index (χ0n) is 9.24. The van der Waals surface area contributed by atoms with Crippen molar-refractivity contribution in [2.45, 2.75) is 0 Å². The fourth-order valence-corrected chi connectivity index (χ4v) is 1.45.